The van der Waals surface area contributed by atoms with Crippen LogP contribution in [0.15, 0.2) is 0 Å². The molecule has 0 saturated carbocycles. The zero-order chi connectivity index (χ0) is 10.4. The number of hydrogen-bond acceptors (Lipinski definition) is 4. The summed E-state index contributed by atoms with van der Waals surface area (Å²) < 4.78 is 0.192. The Morgan fingerprint density at radius 3 is 2.15 bits per heavy atom. The molecule has 0 bridgehead atoms. The van der Waals surface area contributed by atoms with E-state index < -0.39 is 23.9 Å². The number of carboxylic acid groups (broad SMARTS) is 1. The fourth-order valence-electron chi connectivity index (χ4n) is 0.540. The molecule has 6 nitrogen and oxygen atoms in total. The molecular weight excluding hydrogens is 293 g/mol. The molecule has 7 heteroatoms. The highest BCUT2D eigenvalue weighted by atomic mass is 127. The Morgan fingerprint density at radius 2 is 2.08 bits per heavy atom. The number of aliphatic hydroxyl groups excluding tert-OH is 1. The molecule has 0 aliphatic carbocycles. The van der Waals surface area contributed by atoms with Crippen LogP contribution in [0.3, 0.4) is 0 Å². The molecule has 1 aliphatic heterocycles. The van der Waals surface area contributed by atoms with Crippen LogP contribution in [0.5, 0.6) is 0 Å². The first-order valence-electron chi connectivity index (χ1n) is 3.27. The molecular formula is C6H8INO5. The van der Waals surface area contributed by atoms with Gasteiger partial charge in [0, 0.05) is 0 Å². The van der Waals surface area contributed by atoms with E-state index in [1.165, 1.54) is 0 Å². The quantitative estimate of drug-likeness (QED) is 0.324. The average Bonchev–Trinajstić information content (AvgIpc) is 2.31. The Bertz CT molecular complexity index is 229. The summed E-state index contributed by atoms with van der Waals surface area (Å²) in [7, 11) is 0. The topological polar surface area (TPSA) is 104 Å². The first-order chi connectivity index (χ1) is 5.97. The lowest BCUT2D eigenvalue weighted by molar-refractivity contribution is -0.133. The van der Waals surface area contributed by atoms with E-state index in [9.17, 15) is 14.4 Å². The number of halogens is 1. The summed E-state index contributed by atoms with van der Waals surface area (Å²) in [6.07, 6.45) is -1.19. The lowest BCUT2D eigenvalue weighted by Crippen LogP contribution is -2.24. The Morgan fingerprint density at radius 1 is 1.62 bits per heavy atom. The standard InChI is InChI=1S/C4H5NO3.C2H3IO2/c6-2-1-3(7)5-4(2)8;3-1-2(4)5/h2,6H,1H2,(H,5,7,8);1H2,(H,4,5). The maximum Gasteiger partial charge on any atom is 0.313 e. The highest BCUT2D eigenvalue weighted by Gasteiger charge is 2.27. The van der Waals surface area contributed by atoms with Gasteiger partial charge in [0.25, 0.3) is 5.91 Å². The van der Waals surface area contributed by atoms with Crippen molar-refractivity contribution >= 4 is 40.4 Å². The number of carbonyl (C=O) groups excluding carboxylic acids is 2. The lowest BCUT2D eigenvalue weighted by atomic mass is 10.3. The van der Waals surface area contributed by atoms with E-state index in [0.29, 0.717) is 0 Å². The van der Waals surface area contributed by atoms with E-state index in [1.54, 1.807) is 22.6 Å². The van der Waals surface area contributed by atoms with Gasteiger partial charge in [0.05, 0.1) is 10.8 Å². The van der Waals surface area contributed by atoms with Crippen LogP contribution in [-0.4, -0.2) is 38.5 Å². The molecule has 1 fully saturated rings. The number of rotatable bonds is 1. The van der Waals surface area contributed by atoms with Crippen LogP contribution in [0.25, 0.3) is 0 Å². The molecule has 1 unspecified atom stereocenters. The van der Waals surface area contributed by atoms with Crippen molar-refractivity contribution in [3.05, 3.63) is 0 Å². The van der Waals surface area contributed by atoms with Crippen molar-refractivity contribution in [2.75, 3.05) is 4.43 Å². The van der Waals surface area contributed by atoms with Gasteiger partial charge >= 0.3 is 5.97 Å². The van der Waals surface area contributed by atoms with E-state index in [1.807, 2.05) is 5.32 Å². The molecule has 0 aromatic heterocycles. The van der Waals surface area contributed by atoms with Crippen LogP contribution in [0.4, 0.5) is 0 Å². The summed E-state index contributed by atoms with van der Waals surface area (Å²) in [4.78, 5) is 29.7. The van der Waals surface area contributed by atoms with Crippen LogP contribution in [-0.2, 0) is 14.4 Å². The SMILES string of the molecule is O=C(O)CI.O=C1CC(O)C(=O)N1. The molecule has 1 saturated heterocycles. The molecule has 1 aliphatic rings. The van der Waals surface area contributed by atoms with E-state index in [2.05, 4.69) is 0 Å². The highest BCUT2D eigenvalue weighted by Crippen LogP contribution is 1.98. The third-order valence-electron chi connectivity index (χ3n) is 1.06. The number of aliphatic hydroxyl groups is 1. The van der Waals surface area contributed by atoms with E-state index in [-0.39, 0.29) is 10.8 Å². The number of carboxylic acids is 1. The smallest absolute Gasteiger partial charge is 0.313 e. The summed E-state index contributed by atoms with van der Waals surface area (Å²) in [5.41, 5.74) is 0. The molecule has 3 N–H and O–H groups in total. The van der Waals surface area contributed by atoms with Gasteiger partial charge in [-0.3, -0.25) is 19.7 Å². The molecule has 13 heavy (non-hydrogen) atoms. The Labute approximate surface area is 87.4 Å². The van der Waals surface area contributed by atoms with E-state index in [0.717, 1.165) is 0 Å². The number of carbonyl (C=O) groups is 3. The minimum Gasteiger partial charge on any atom is -0.481 e. The van der Waals surface area contributed by atoms with Crippen LogP contribution in [0, 0.1) is 0 Å². The molecule has 74 valence electrons. The van der Waals surface area contributed by atoms with Gasteiger partial charge in [0.15, 0.2) is 0 Å². The molecule has 0 spiro atoms. The van der Waals surface area contributed by atoms with Crippen LogP contribution >= 0.6 is 22.6 Å². The minimum absolute atomic E-state index is 0.0845. The molecule has 0 aromatic rings. The predicted octanol–water partition coefficient (Wildman–Crippen LogP) is -1.10. The number of nitrogens with one attached hydrogen (secondary N) is 1. The van der Waals surface area contributed by atoms with E-state index in [4.69, 9.17) is 10.2 Å². The number of amides is 2. The normalized spacial score (nSPS) is 20.3. The summed E-state index contributed by atoms with van der Waals surface area (Å²) >= 11 is 1.78. The third kappa shape index (κ3) is 5.53. The van der Waals surface area contributed by atoms with Crippen LogP contribution in [0.1, 0.15) is 6.42 Å². The minimum atomic E-state index is -1.11. The molecule has 1 heterocycles. The Balaban J connectivity index is 0.000000252. The maximum absolute atomic E-state index is 10.2. The average molecular weight is 301 g/mol. The number of imide groups is 1. The monoisotopic (exact) mass is 301 g/mol. The largest absolute Gasteiger partial charge is 0.481 e. The summed E-state index contributed by atoms with van der Waals surface area (Å²) in [6, 6.07) is 0. The Kier molecular flexibility index (Phi) is 5.55. The molecule has 1 atom stereocenters. The van der Waals surface area contributed by atoms with Crippen molar-refractivity contribution in [2.24, 2.45) is 0 Å². The van der Waals surface area contributed by atoms with Crippen molar-refractivity contribution in [1.29, 1.82) is 0 Å². The van der Waals surface area contributed by atoms with Crippen molar-refractivity contribution in [1.82, 2.24) is 5.32 Å². The van der Waals surface area contributed by atoms with Gasteiger partial charge in [-0.2, -0.15) is 0 Å². The molecule has 1 rings (SSSR count). The van der Waals surface area contributed by atoms with Crippen LogP contribution in [0.2, 0.25) is 0 Å². The second kappa shape index (κ2) is 5.86. The second-order valence-corrected chi connectivity index (χ2v) is 2.92. The number of aliphatic carboxylic acids is 1. The van der Waals surface area contributed by atoms with Crippen molar-refractivity contribution in [3.8, 4) is 0 Å². The molecule has 0 radical (unpaired) electrons. The lowest BCUT2D eigenvalue weighted by Gasteiger charge is -1.88. The van der Waals surface area contributed by atoms with Gasteiger partial charge in [0.1, 0.15) is 6.10 Å². The van der Waals surface area contributed by atoms with Gasteiger partial charge in [-0.1, -0.05) is 22.6 Å². The molecule has 0 aromatic carbocycles. The number of hydrogen-bond donors (Lipinski definition) is 3. The van der Waals surface area contributed by atoms with Gasteiger partial charge in [-0.15, -0.1) is 0 Å². The fraction of sp³-hybridized carbons (Fsp3) is 0.500. The van der Waals surface area contributed by atoms with Crippen molar-refractivity contribution in [3.63, 3.8) is 0 Å². The summed E-state index contributed by atoms with van der Waals surface area (Å²) in [5, 5.41) is 18.2. The zero-order valence-corrected chi connectivity index (χ0v) is 8.65. The number of alkyl halides is 1. The summed E-state index contributed by atoms with van der Waals surface area (Å²) in [5.74, 6) is -1.75. The van der Waals surface area contributed by atoms with Gasteiger partial charge in [0.2, 0.25) is 5.91 Å². The first-order valence-corrected chi connectivity index (χ1v) is 4.79. The molecule has 2 amide bonds. The zero-order valence-electron chi connectivity index (χ0n) is 6.49. The van der Waals surface area contributed by atoms with Crippen molar-refractivity contribution < 1.29 is 24.6 Å². The second-order valence-electron chi connectivity index (χ2n) is 2.16. The Hall–Kier alpha value is -0.700. The highest BCUT2D eigenvalue weighted by molar-refractivity contribution is 14.1. The van der Waals surface area contributed by atoms with Gasteiger partial charge < -0.3 is 10.2 Å². The van der Waals surface area contributed by atoms with Crippen molar-refractivity contribution in [2.45, 2.75) is 12.5 Å². The predicted molar refractivity (Wildman–Crippen MR) is 50.3 cm³/mol. The fourth-order valence-corrected chi connectivity index (χ4v) is 0.540. The van der Waals surface area contributed by atoms with Crippen LogP contribution < -0.4 is 5.32 Å². The van der Waals surface area contributed by atoms with E-state index >= 15 is 0 Å². The van der Waals surface area contributed by atoms with Gasteiger partial charge in [-0.25, -0.2) is 0 Å². The van der Waals surface area contributed by atoms with Gasteiger partial charge in [-0.05, 0) is 0 Å². The third-order valence-corrected chi connectivity index (χ3v) is 1.71. The summed E-state index contributed by atoms with van der Waals surface area (Å²) in [6.45, 7) is 0. The first kappa shape index (κ1) is 12.3. The maximum atomic E-state index is 10.2.